The summed E-state index contributed by atoms with van der Waals surface area (Å²) in [6, 6.07) is 6.20. The summed E-state index contributed by atoms with van der Waals surface area (Å²) in [4.78, 5) is 9.15. The predicted octanol–water partition coefficient (Wildman–Crippen LogP) is 4.59. The SMILES string of the molecule is CCNc1nc(CC)nc(Nc2ccc(C)c(Br)c2)c1C. The number of aryl methyl sites for hydroxylation is 2. The monoisotopic (exact) mass is 348 g/mol. The summed E-state index contributed by atoms with van der Waals surface area (Å²) < 4.78 is 1.09. The van der Waals surface area contributed by atoms with Crippen LogP contribution in [0.5, 0.6) is 0 Å². The number of hydrogen-bond donors (Lipinski definition) is 2. The average molecular weight is 349 g/mol. The zero-order valence-corrected chi connectivity index (χ0v) is 14.5. The number of nitrogens with one attached hydrogen (secondary N) is 2. The molecule has 0 bridgehead atoms. The Hall–Kier alpha value is -1.62. The summed E-state index contributed by atoms with van der Waals surface area (Å²) in [7, 11) is 0. The molecule has 0 amide bonds. The predicted molar refractivity (Wildman–Crippen MR) is 92.5 cm³/mol. The Morgan fingerprint density at radius 2 is 1.81 bits per heavy atom. The van der Waals surface area contributed by atoms with E-state index in [1.807, 2.05) is 6.92 Å². The van der Waals surface area contributed by atoms with Gasteiger partial charge in [0.25, 0.3) is 0 Å². The number of aromatic nitrogens is 2. The van der Waals surface area contributed by atoms with Gasteiger partial charge in [-0.1, -0.05) is 28.9 Å². The van der Waals surface area contributed by atoms with Crippen molar-refractivity contribution in [2.75, 3.05) is 17.2 Å². The highest BCUT2D eigenvalue weighted by molar-refractivity contribution is 9.10. The first-order valence-corrected chi connectivity index (χ1v) is 7.99. The van der Waals surface area contributed by atoms with Crippen molar-refractivity contribution in [3.8, 4) is 0 Å². The van der Waals surface area contributed by atoms with Gasteiger partial charge in [0.15, 0.2) is 0 Å². The van der Waals surface area contributed by atoms with Crippen molar-refractivity contribution >= 4 is 33.3 Å². The van der Waals surface area contributed by atoms with Crippen LogP contribution in [0.3, 0.4) is 0 Å². The Morgan fingerprint density at radius 3 is 2.43 bits per heavy atom. The molecule has 0 aliphatic carbocycles. The number of anilines is 3. The van der Waals surface area contributed by atoms with Crippen LogP contribution in [0.25, 0.3) is 0 Å². The van der Waals surface area contributed by atoms with Crippen molar-refractivity contribution in [2.24, 2.45) is 0 Å². The smallest absolute Gasteiger partial charge is 0.139 e. The Kier molecular flexibility index (Phi) is 5.17. The van der Waals surface area contributed by atoms with Crippen LogP contribution in [0.1, 0.15) is 30.8 Å². The van der Waals surface area contributed by atoms with Crippen LogP contribution in [0.15, 0.2) is 22.7 Å². The molecule has 112 valence electrons. The molecule has 2 aromatic rings. The maximum Gasteiger partial charge on any atom is 0.139 e. The molecule has 4 nitrogen and oxygen atoms in total. The van der Waals surface area contributed by atoms with Crippen molar-refractivity contribution in [2.45, 2.75) is 34.1 Å². The lowest BCUT2D eigenvalue weighted by Crippen LogP contribution is -2.09. The number of nitrogens with zero attached hydrogens (tertiary/aromatic N) is 2. The van der Waals surface area contributed by atoms with Gasteiger partial charge in [0, 0.05) is 28.7 Å². The topological polar surface area (TPSA) is 49.8 Å². The minimum absolute atomic E-state index is 0.810. The van der Waals surface area contributed by atoms with Gasteiger partial charge >= 0.3 is 0 Å². The fraction of sp³-hybridized carbons (Fsp3) is 0.375. The maximum absolute atomic E-state index is 4.60. The van der Waals surface area contributed by atoms with E-state index in [9.17, 15) is 0 Å². The van der Waals surface area contributed by atoms with Gasteiger partial charge in [-0.3, -0.25) is 0 Å². The Labute approximate surface area is 134 Å². The fourth-order valence-corrected chi connectivity index (χ4v) is 2.37. The molecular formula is C16H21BrN4. The molecule has 0 unspecified atom stereocenters. The van der Waals surface area contributed by atoms with E-state index >= 15 is 0 Å². The molecule has 0 fully saturated rings. The Bertz CT molecular complexity index is 640. The van der Waals surface area contributed by atoms with E-state index < -0.39 is 0 Å². The molecule has 2 N–H and O–H groups in total. The summed E-state index contributed by atoms with van der Waals surface area (Å²) in [5.74, 6) is 2.59. The fourth-order valence-electron chi connectivity index (χ4n) is 1.99. The van der Waals surface area contributed by atoms with Crippen molar-refractivity contribution in [1.29, 1.82) is 0 Å². The second-order valence-electron chi connectivity index (χ2n) is 4.93. The number of halogens is 1. The molecule has 21 heavy (non-hydrogen) atoms. The van der Waals surface area contributed by atoms with Crippen molar-refractivity contribution in [3.05, 3.63) is 39.6 Å². The summed E-state index contributed by atoms with van der Waals surface area (Å²) in [6.45, 7) is 9.08. The molecule has 0 saturated heterocycles. The summed E-state index contributed by atoms with van der Waals surface area (Å²) in [6.07, 6.45) is 0.810. The molecule has 1 heterocycles. The zero-order chi connectivity index (χ0) is 15.4. The molecule has 0 aliphatic heterocycles. The third kappa shape index (κ3) is 3.73. The van der Waals surface area contributed by atoms with E-state index in [1.54, 1.807) is 0 Å². The molecule has 5 heteroatoms. The molecule has 1 aromatic heterocycles. The molecule has 0 spiro atoms. The summed E-state index contributed by atoms with van der Waals surface area (Å²) in [5, 5.41) is 6.69. The highest BCUT2D eigenvalue weighted by Gasteiger charge is 2.10. The Balaban J connectivity index is 2.37. The first-order chi connectivity index (χ1) is 10.0. The highest BCUT2D eigenvalue weighted by atomic mass is 79.9. The summed E-state index contributed by atoms with van der Waals surface area (Å²) in [5.41, 5.74) is 3.26. The van der Waals surface area contributed by atoms with Gasteiger partial charge in [-0.2, -0.15) is 0 Å². The molecular weight excluding hydrogens is 328 g/mol. The number of rotatable bonds is 5. The largest absolute Gasteiger partial charge is 0.370 e. The van der Waals surface area contributed by atoms with E-state index in [-0.39, 0.29) is 0 Å². The first-order valence-electron chi connectivity index (χ1n) is 7.19. The third-order valence-electron chi connectivity index (χ3n) is 3.29. The van der Waals surface area contributed by atoms with Crippen LogP contribution in [0.2, 0.25) is 0 Å². The van der Waals surface area contributed by atoms with Gasteiger partial charge < -0.3 is 10.6 Å². The lowest BCUT2D eigenvalue weighted by Gasteiger charge is -2.14. The Morgan fingerprint density at radius 1 is 1.10 bits per heavy atom. The minimum atomic E-state index is 0.810. The zero-order valence-electron chi connectivity index (χ0n) is 12.9. The highest BCUT2D eigenvalue weighted by Crippen LogP contribution is 2.26. The molecule has 0 atom stereocenters. The lowest BCUT2D eigenvalue weighted by molar-refractivity contribution is 0.930. The standard InChI is InChI=1S/C16H21BrN4/c1-5-14-20-15(18-6-2)11(4)16(21-14)19-12-8-7-10(3)13(17)9-12/h7-9H,5-6H2,1-4H3,(H2,18,19,20,21). The lowest BCUT2D eigenvalue weighted by atomic mass is 10.2. The van der Waals surface area contributed by atoms with Crippen LogP contribution in [0, 0.1) is 13.8 Å². The maximum atomic E-state index is 4.60. The minimum Gasteiger partial charge on any atom is -0.370 e. The van der Waals surface area contributed by atoms with Crippen molar-refractivity contribution in [3.63, 3.8) is 0 Å². The van der Waals surface area contributed by atoms with E-state index in [0.29, 0.717) is 0 Å². The summed E-state index contributed by atoms with van der Waals surface area (Å²) >= 11 is 3.56. The second kappa shape index (κ2) is 6.89. The van der Waals surface area contributed by atoms with Crippen LogP contribution >= 0.6 is 15.9 Å². The van der Waals surface area contributed by atoms with Gasteiger partial charge in [0.05, 0.1) is 0 Å². The second-order valence-corrected chi connectivity index (χ2v) is 5.79. The quantitative estimate of drug-likeness (QED) is 0.829. The van der Waals surface area contributed by atoms with E-state index in [4.69, 9.17) is 0 Å². The van der Waals surface area contributed by atoms with Gasteiger partial charge in [-0.25, -0.2) is 9.97 Å². The van der Waals surface area contributed by atoms with Crippen LogP contribution in [-0.4, -0.2) is 16.5 Å². The van der Waals surface area contributed by atoms with Crippen molar-refractivity contribution in [1.82, 2.24) is 9.97 Å². The van der Waals surface area contributed by atoms with E-state index in [2.05, 4.69) is 75.5 Å². The first kappa shape index (κ1) is 15.8. The van der Waals surface area contributed by atoms with Gasteiger partial charge in [0.2, 0.25) is 0 Å². The van der Waals surface area contributed by atoms with Crippen molar-refractivity contribution < 1.29 is 0 Å². The average Bonchev–Trinajstić information content (AvgIpc) is 2.47. The number of benzene rings is 1. The molecule has 0 saturated carbocycles. The van der Waals surface area contributed by atoms with Gasteiger partial charge in [-0.15, -0.1) is 0 Å². The van der Waals surface area contributed by atoms with Crippen LogP contribution < -0.4 is 10.6 Å². The number of hydrogen-bond acceptors (Lipinski definition) is 4. The normalized spacial score (nSPS) is 10.5. The molecule has 0 aliphatic rings. The van der Waals surface area contributed by atoms with Gasteiger partial charge in [-0.05, 0) is 38.5 Å². The molecule has 2 rings (SSSR count). The van der Waals surface area contributed by atoms with E-state index in [0.717, 1.165) is 46.1 Å². The van der Waals surface area contributed by atoms with Gasteiger partial charge in [0.1, 0.15) is 17.5 Å². The molecule has 1 aromatic carbocycles. The van der Waals surface area contributed by atoms with Crippen LogP contribution in [-0.2, 0) is 6.42 Å². The molecule has 0 radical (unpaired) electrons. The van der Waals surface area contributed by atoms with E-state index in [1.165, 1.54) is 5.56 Å². The third-order valence-corrected chi connectivity index (χ3v) is 4.14. The van der Waals surface area contributed by atoms with Crippen LogP contribution in [0.4, 0.5) is 17.3 Å².